The van der Waals surface area contributed by atoms with Crippen LogP contribution in [0.2, 0.25) is 0 Å². The fourth-order valence-corrected chi connectivity index (χ4v) is 1.53. The fourth-order valence-electron chi connectivity index (χ4n) is 1.53. The van der Waals surface area contributed by atoms with Crippen molar-refractivity contribution in [3.8, 4) is 5.75 Å². The summed E-state index contributed by atoms with van der Waals surface area (Å²) in [4.78, 5) is 0. The number of hydrogen-bond acceptors (Lipinski definition) is 3. The van der Waals surface area contributed by atoms with E-state index in [4.69, 9.17) is 4.74 Å². The van der Waals surface area contributed by atoms with Gasteiger partial charge >= 0.3 is 0 Å². The first-order valence-corrected chi connectivity index (χ1v) is 4.55. The largest absolute Gasteiger partial charge is 0.497 e. The average Bonchev–Trinajstić information content (AvgIpc) is 2.71. The fraction of sp³-hybridized carbons (Fsp3) is 0.400. The topological polar surface area (TPSA) is 24.5 Å². The van der Waals surface area contributed by atoms with Crippen LogP contribution < -0.4 is 15.2 Å². The summed E-state index contributed by atoms with van der Waals surface area (Å²) >= 11 is 0. The molecule has 1 aliphatic heterocycles. The van der Waals surface area contributed by atoms with Crippen LogP contribution in [0.15, 0.2) is 24.3 Å². The van der Waals surface area contributed by atoms with Crippen LogP contribution in [0.5, 0.6) is 5.75 Å². The Balaban J connectivity index is 2.18. The molecule has 0 aromatic heterocycles. The van der Waals surface area contributed by atoms with E-state index < -0.39 is 0 Å². The lowest BCUT2D eigenvalue weighted by Crippen LogP contribution is -2.30. The maximum atomic E-state index is 5.16. The normalized spacial score (nSPS) is 16.2. The molecule has 0 unspecified atom stereocenters. The Bertz CT molecular complexity index is 282. The molecule has 1 fully saturated rings. The van der Waals surface area contributed by atoms with Crippen molar-refractivity contribution in [1.82, 2.24) is 5.43 Å². The van der Waals surface area contributed by atoms with E-state index >= 15 is 0 Å². The minimum atomic E-state index is 0.909. The Labute approximate surface area is 78.3 Å². The van der Waals surface area contributed by atoms with Crippen molar-refractivity contribution in [2.45, 2.75) is 6.42 Å². The van der Waals surface area contributed by atoms with Crippen molar-refractivity contribution in [3.05, 3.63) is 24.3 Å². The van der Waals surface area contributed by atoms with E-state index in [-0.39, 0.29) is 0 Å². The van der Waals surface area contributed by atoms with Crippen LogP contribution in [0, 0.1) is 0 Å². The summed E-state index contributed by atoms with van der Waals surface area (Å²) in [5.41, 5.74) is 4.48. The smallest absolute Gasteiger partial charge is 0.120 e. The predicted molar refractivity (Wildman–Crippen MR) is 53.0 cm³/mol. The molecule has 1 N–H and O–H groups in total. The second-order valence-electron chi connectivity index (χ2n) is 3.11. The average molecular weight is 178 g/mol. The van der Waals surface area contributed by atoms with E-state index in [1.54, 1.807) is 7.11 Å². The number of ether oxygens (including phenoxy) is 1. The van der Waals surface area contributed by atoms with E-state index in [0.29, 0.717) is 0 Å². The van der Waals surface area contributed by atoms with Crippen molar-refractivity contribution in [3.63, 3.8) is 0 Å². The Morgan fingerprint density at radius 3 is 3.08 bits per heavy atom. The molecule has 13 heavy (non-hydrogen) atoms. The summed E-state index contributed by atoms with van der Waals surface area (Å²) in [5.74, 6) is 0.909. The highest BCUT2D eigenvalue weighted by Crippen LogP contribution is 2.20. The second kappa shape index (κ2) is 3.66. The van der Waals surface area contributed by atoms with Crippen molar-refractivity contribution in [1.29, 1.82) is 0 Å². The van der Waals surface area contributed by atoms with Gasteiger partial charge in [0.1, 0.15) is 5.75 Å². The van der Waals surface area contributed by atoms with Gasteiger partial charge < -0.3 is 9.75 Å². The van der Waals surface area contributed by atoms with Crippen LogP contribution in [-0.2, 0) is 0 Å². The summed E-state index contributed by atoms with van der Waals surface area (Å²) in [6.07, 6.45) is 1.21. The van der Waals surface area contributed by atoms with Crippen LogP contribution >= 0.6 is 0 Å². The first-order valence-electron chi connectivity index (χ1n) is 4.55. The van der Waals surface area contributed by atoms with Crippen LogP contribution in [0.1, 0.15) is 6.42 Å². The minimum Gasteiger partial charge on any atom is -0.497 e. The van der Waals surface area contributed by atoms with Crippen LogP contribution in [0.3, 0.4) is 0 Å². The molecule has 3 nitrogen and oxygen atoms in total. The van der Waals surface area contributed by atoms with E-state index in [2.05, 4.69) is 16.5 Å². The molecular formula is C10H14N2O. The molecule has 0 atom stereocenters. The number of hydrazine groups is 1. The van der Waals surface area contributed by atoms with Crippen molar-refractivity contribution in [2.75, 3.05) is 25.2 Å². The summed E-state index contributed by atoms with van der Waals surface area (Å²) in [5, 5.41) is 2.16. The molecule has 1 aromatic carbocycles. The Kier molecular flexibility index (Phi) is 2.36. The summed E-state index contributed by atoms with van der Waals surface area (Å²) in [6.45, 7) is 2.14. The molecule has 1 aromatic rings. The van der Waals surface area contributed by atoms with E-state index in [1.165, 1.54) is 12.1 Å². The van der Waals surface area contributed by atoms with Gasteiger partial charge in [-0.3, -0.25) is 0 Å². The van der Waals surface area contributed by atoms with Gasteiger partial charge in [0.05, 0.1) is 12.8 Å². The molecule has 2 rings (SSSR count). The Morgan fingerprint density at radius 1 is 1.46 bits per heavy atom. The molecule has 3 heteroatoms. The van der Waals surface area contributed by atoms with Crippen molar-refractivity contribution >= 4 is 5.69 Å². The first kappa shape index (κ1) is 8.38. The third-order valence-corrected chi connectivity index (χ3v) is 2.23. The molecular weight excluding hydrogens is 164 g/mol. The molecule has 0 aliphatic carbocycles. The van der Waals surface area contributed by atoms with Gasteiger partial charge in [-0.1, -0.05) is 6.07 Å². The monoisotopic (exact) mass is 178 g/mol. The molecule has 0 saturated carbocycles. The van der Waals surface area contributed by atoms with E-state index in [1.807, 2.05) is 18.2 Å². The second-order valence-corrected chi connectivity index (χ2v) is 3.11. The van der Waals surface area contributed by atoms with E-state index in [9.17, 15) is 0 Å². The summed E-state index contributed by atoms with van der Waals surface area (Å²) in [6, 6.07) is 8.09. The standard InChI is InChI=1S/C10H14N2O/c1-13-10-5-2-4-9(8-10)12-7-3-6-11-12/h2,4-5,8,11H,3,6-7H2,1H3. The molecule has 70 valence electrons. The lowest BCUT2D eigenvalue weighted by atomic mass is 10.3. The molecule has 0 amide bonds. The summed E-state index contributed by atoms with van der Waals surface area (Å²) < 4.78 is 5.16. The van der Waals surface area contributed by atoms with E-state index in [0.717, 1.165) is 18.8 Å². The number of nitrogens with zero attached hydrogens (tertiary/aromatic N) is 1. The molecule has 0 bridgehead atoms. The zero-order valence-corrected chi connectivity index (χ0v) is 7.79. The lowest BCUT2D eigenvalue weighted by Gasteiger charge is -2.18. The third-order valence-electron chi connectivity index (χ3n) is 2.23. The van der Waals surface area contributed by atoms with Crippen molar-refractivity contribution < 1.29 is 4.74 Å². The van der Waals surface area contributed by atoms with Crippen LogP contribution in [0.25, 0.3) is 0 Å². The van der Waals surface area contributed by atoms with Crippen LogP contribution in [-0.4, -0.2) is 20.2 Å². The highest BCUT2D eigenvalue weighted by atomic mass is 16.5. The number of rotatable bonds is 2. The quantitative estimate of drug-likeness (QED) is 0.741. The lowest BCUT2D eigenvalue weighted by molar-refractivity contribution is 0.414. The number of benzene rings is 1. The minimum absolute atomic E-state index is 0.909. The van der Waals surface area contributed by atoms with Gasteiger partial charge in [0, 0.05) is 19.2 Å². The SMILES string of the molecule is COc1cccc(N2CCCN2)c1. The highest BCUT2D eigenvalue weighted by Gasteiger charge is 2.11. The molecule has 0 spiro atoms. The first-order chi connectivity index (χ1) is 6.40. The highest BCUT2D eigenvalue weighted by molar-refractivity contribution is 5.50. The molecule has 0 radical (unpaired) electrons. The maximum absolute atomic E-state index is 5.16. The third kappa shape index (κ3) is 1.75. The number of methoxy groups -OCH3 is 1. The van der Waals surface area contributed by atoms with Gasteiger partial charge in [-0.25, -0.2) is 5.43 Å². The zero-order valence-electron chi connectivity index (χ0n) is 7.79. The predicted octanol–water partition coefficient (Wildman–Crippen LogP) is 1.41. The number of hydrogen-bond donors (Lipinski definition) is 1. The maximum Gasteiger partial charge on any atom is 0.120 e. The molecule has 1 saturated heterocycles. The Morgan fingerprint density at radius 2 is 2.38 bits per heavy atom. The van der Waals surface area contributed by atoms with Gasteiger partial charge in [-0.2, -0.15) is 0 Å². The summed E-state index contributed by atoms with van der Waals surface area (Å²) in [7, 11) is 1.69. The Hall–Kier alpha value is -1.22. The van der Waals surface area contributed by atoms with Crippen molar-refractivity contribution in [2.24, 2.45) is 0 Å². The van der Waals surface area contributed by atoms with Gasteiger partial charge in [0.25, 0.3) is 0 Å². The van der Waals surface area contributed by atoms with Gasteiger partial charge in [0.2, 0.25) is 0 Å². The van der Waals surface area contributed by atoms with Crippen LogP contribution in [0.4, 0.5) is 5.69 Å². The number of anilines is 1. The molecule has 1 heterocycles. The molecule has 1 aliphatic rings. The van der Waals surface area contributed by atoms with Gasteiger partial charge in [-0.15, -0.1) is 0 Å². The van der Waals surface area contributed by atoms with Gasteiger partial charge in [0.15, 0.2) is 0 Å². The van der Waals surface area contributed by atoms with Gasteiger partial charge in [-0.05, 0) is 18.6 Å². The number of nitrogens with one attached hydrogen (secondary N) is 1. The zero-order chi connectivity index (χ0) is 9.10.